The van der Waals surface area contributed by atoms with Crippen molar-refractivity contribution in [3.8, 4) is 0 Å². The maximum absolute atomic E-state index is 6.12. The Morgan fingerprint density at radius 3 is 3.00 bits per heavy atom. The van der Waals surface area contributed by atoms with Gasteiger partial charge in [0.05, 0.1) is 0 Å². The van der Waals surface area contributed by atoms with Crippen molar-refractivity contribution in [3.05, 3.63) is 34.3 Å². The molecule has 3 heteroatoms. The molecule has 16 heavy (non-hydrogen) atoms. The summed E-state index contributed by atoms with van der Waals surface area (Å²) < 4.78 is 0. The third kappa shape index (κ3) is 2.97. The first-order chi connectivity index (χ1) is 7.65. The first-order valence-corrected chi connectivity index (χ1v) is 6.26. The summed E-state index contributed by atoms with van der Waals surface area (Å²) in [5, 5.41) is 0.860. The molecule has 0 spiro atoms. The molecule has 1 atom stereocenters. The maximum Gasteiger partial charge on any atom is 0.0438 e. The predicted octanol–water partition coefficient (Wildman–Crippen LogP) is 2.57. The van der Waals surface area contributed by atoms with Crippen LogP contribution in [-0.4, -0.2) is 24.0 Å². The molecule has 1 aromatic carbocycles. The van der Waals surface area contributed by atoms with E-state index in [4.69, 9.17) is 17.3 Å². The van der Waals surface area contributed by atoms with E-state index in [1.807, 2.05) is 6.92 Å². The van der Waals surface area contributed by atoms with E-state index in [1.165, 1.54) is 12.0 Å². The van der Waals surface area contributed by atoms with Crippen molar-refractivity contribution in [1.82, 2.24) is 4.90 Å². The quantitative estimate of drug-likeness (QED) is 0.858. The van der Waals surface area contributed by atoms with Crippen LogP contribution in [0.4, 0.5) is 0 Å². The minimum absolute atomic E-state index is 0.342. The molecule has 0 aromatic heterocycles. The van der Waals surface area contributed by atoms with Crippen LogP contribution in [0.2, 0.25) is 5.02 Å². The Kier molecular flexibility index (Phi) is 3.85. The highest BCUT2D eigenvalue weighted by Gasteiger charge is 2.16. The van der Waals surface area contributed by atoms with E-state index in [0.717, 1.165) is 36.6 Å². The molecule has 0 bridgehead atoms. The van der Waals surface area contributed by atoms with E-state index in [9.17, 15) is 0 Å². The summed E-state index contributed by atoms with van der Waals surface area (Å²) in [6.07, 6.45) is 2.37. The molecule has 1 heterocycles. The Balaban J connectivity index is 2.00. The van der Waals surface area contributed by atoms with E-state index in [-0.39, 0.29) is 0 Å². The molecule has 1 saturated heterocycles. The number of halogens is 1. The van der Waals surface area contributed by atoms with Crippen LogP contribution in [0.15, 0.2) is 18.2 Å². The zero-order valence-corrected chi connectivity index (χ0v) is 10.5. The SMILES string of the molecule is Cc1ccc(CN2CCC[C@@H](N)C2)cc1Cl. The molecule has 0 aliphatic carbocycles. The van der Waals surface area contributed by atoms with E-state index >= 15 is 0 Å². The molecule has 0 unspecified atom stereocenters. The largest absolute Gasteiger partial charge is 0.327 e. The molecule has 1 aliphatic heterocycles. The predicted molar refractivity (Wildman–Crippen MR) is 68.7 cm³/mol. The van der Waals surface area contributed by atoms with E-state index in [0.29, 0.717) is 6.04 Å². The Morgan fingerprint density at radius 2 is 2.31 bits per heavy atom. The van der Waals surface area contributed by atoms with Gasteiger partial charge < -0.3 is 5.73 Å². The topological polar surface area (TPSA) is 29.3 Å². The van der Waals surface area contributed by atoms with Gasteiger partial charge in [-0.25, -0.2) is 0 Å². The van der Waals surface area contributed by atoms with Gasteiger partial charge in [-0.2, -0.15) is 0 Å². The summed E-state index contributed by atoms with van der Waals surface area (Å²) in [4.78, 5) is 2.41. The first-order valence-electron chi connectivity index (χ1n) is 5.88. The number of hydrogen-bond acceptors (Lipinski definition) is 2. The lowest BCUT2D eigenvalue weighted by Crippen LogP contribution is -2.42. The van der Waals surface area contributed by atoms with E-state index in [2.05, 4.69) is 23.1 Å². The summed E-state index contributed by atoms with van der Waals surface area (Å²) in [5.41, 5.74) is 8.39. The van der Waals surface area contributed by atoms with E-state index in [1.54, 1.807) is 0 Å². The molecule has 2 nitrogen and oxygen atoms in total. The standard InChI is InChI=1S/C13H19ClN2/c1-10-4-5-11(7-13(10)14)8-16-6-2-3-12(15)9-16/h4-5,7,12H,2-3,6,8-9,15H2,1H3/t12-/m1/s1. The zero-order valence-electron chi connectivity index (χ0n) is 9.75. The molecule has 88 valence electrons. The third-order valence-corrected chi connectivity index (χ3v) is 3.59. The van der Waals surface area contributed by atoms with Crippen molar-refractivity contribution in [2.75, 3.05) is 13.1 Å². The number of nitrogens with two attached hydrogens (primary N) is 1. The molecule has 2 N–H and O–H groups in total. The van der Waals surface area contributed by atoms with Gasteiger partial charge in [0, 0.05) is 24.2 Å². The molecule has 1 aromatic rings. The second kappa shape index (κ2) is 5.17. The van der Waals surface area contributed by atoms with Gasteiger partial charge in [-0.3, -0.25) is 4.90 Å². The van der Waals surface area contributed by atoms with Crippen LogP contribution in [0.5, 0.6) is 0 Å². The highest BCUT2D eigenvalue weighted by molar-refractivity contribution is 6.31. The Bertz CT molecular complexity index is 365. The highest BCUT2D eigenvalue weighted by Crippen LogP contribution is 2.19. The van der Waals surface area contributed by atoms with Crippen molar-refractivity contribution < 1.29 is 0 Å². The number of hydrogen-bond donors (Lipinski definition) is 1. The smallest absolute Gasteiger partial charge is 0.0438 e. The van der Waals surface area contributed by atoms with Crippen LogP contribution < -0.4 is 5.73 Å². The highest BCUT2D eigenvalue weighted by atomic mass is 35.5. The van der Waals surface area contributed by atoms with Crippen molar-refractivity contribution in [2.24, 2.45) is 5.73 Å². The molecular formula is C13H19ClN2. The number of aryl methyl sites for hydroxylation is 1. The van der Waals surface area contributed by atoms with Crippen LogP contribution in [0.3, 0.4) is 0 Å². The lowest BCUT2D eigenvalue weighted by atomic mass is 10.1. The average molecular weight is 239 g/mol. The van der Waals surface area contributed by atoms with E-state index < -0.39 is 0 Å². The fourth-order valence-corrected chi connectivity index (χ4v) is 2.43. The normalized spacial score (nSPS) is 22.3. The third-order valence-electron chi connectivity index (χ3n) is 3.18. The van der Waals surface area contributed by atoms with Gasteiger partial charge in [0.25, 0.3) is 0 Å². The lowest BCUT2D eigenvalue weighted by molar-refractivity contribution is 0.201. The van der Waals surface area contributed by atoms with Gasteiger partial charge in [-0.05, 0) is 43.5 Å². The first kappa shape index (κ1) is 11.9. The van der Waals surface area contributed by atoms with Crippen LogP contribution >= 0.6 is 11.6 Å². The maximum atomic E-state index is 6.12. The van der Waals surface area contributed by atoms with Gasteiger partial charge in [0.2, 0.25) is 0 Å². The number of likely N-dealkylation sites (tertiary alicyclic amines) is 1. The van der Waals surface area contributed by atoms with Gasteiger partial charge >= 0.3 is 0 Å². The number of piperidine rings is 1. The van der Waals surface area contributed by atoms with Crippen LogP contribution in [0.1, 0.15) is 24.0 Å². The Morgan fingerprint density at radius 1 is 1.50 bits per heavy atom. The van der Waals surface area contributed by atoms with Crippen molar-refractivity contribution in [1.29, 1.82) is 0 Å². The lowest BCUT2D eigenvalue weighted by Gasteiger charge is -2.30. The molecule has 0 saturated carbocycles. The fraction of sp³-hybridized carbons (Fsp3) is 0.538. The number of nitrogens with zero attached hydrogens (tertiary/aromatic N) is 1. The molecular weight excluding hydrogens is 220 g/mol. The molecule has 1 aliphatic rings. The fourth-order valence-electron chi connectivity index (χ4n) is 2.23. The molecule has 2 rings (SSSR count). The van der Waals surface area contributed by atoms with Gasteiger partial charge in [-0.15, -0.1) is 0 Å². The second-order valence-electron chi connectivity index (χ2n) is 4.72. The Hall–Kier alpha value is -0.570. The van der Waals surface area contributed by atoms with Crippen molar-refractivity contribution in [2.45, 2.75) is 32.4 Å². The average Bonchev–Trinajstić information content (AvgIpc) is 2.24. The minimum Gasteiger partial charge on any atom is -0.327 e. The zero-order chi connectivity index (χ0) is 11.5. The van der Waals surface area contributed by atoms with Gasteiger partial charge in [0.1, 0.15) is 0 Å². The van der Waals surface area contributed by atoms with Crippen molar-refractivity contribution >= 4 is 11.6 Å². The van der Waals surface area contributed by atoms with Gasteiger partial charge in [-0.1, -0.05) is 23.7 Å². The molecule has 0 radical (unpaired) electrons. The van der Waals surface area contributed by atoms with Crippen LogP contribution in [0.25, 0.3) is 0 Å². The summed E-state index contributed by atoms with van der Waals surface area (Å²) in [7, 11) is 0. The Labute approximate surface area is 102 Å². The van der Waals surface area contributed by atoms with Crippen LogP contribution in [0, 0.1) is 6.92 Å². The summed E-state index contributed by atoms with van der Waals surface area (Å²) >= 11 is 6.12. The number of benzene rings is 1. The number of rotatable bonds is 2. The van der Waals surface area contributed by atoms with Crippen molar-refractivity contribution in [3.63, 3.8) is 0 Å². The minimum atomic E-state index is 0.342. The second-order valence-corrected chi connectivity index (χ2v) is 5.13. The molecule has 1 fully saturated rings. The van der Waals surface area contributed by atoms with Gasteiger partial charge in [0.15, 0.2) is 0 Å². The summed E-state index contributed by atoms with van der Waals surface area (Å²) in [6, 6.07) is 6.65. The molecule has 0 amide bonds. The summed E-state index contributed by atoms with van der Waals surface area (Å²) in [5.74, 6) is 0. The monoisotopic (exact) mass is 238 g/mol. The van der Waals surface area contributed by atoms with Crippen LogP contribution in [-0.2, 0) is 6.54 Å². The summed E-state index contributed by atoms with van der Waals surface area (Å²) in [6.45, 7) is 5.15.